The van der Waals surface area contributed by atoms with Crippen molar-refractivity contribution in [2.75, 3.05) is 13.7 Å². The molecule has 1 fully saturated rings. The molecular formula is C22H24F3N3O5S. The Bertz CT molecular complexity index is 1010. The molecule has 0 aliphatic heterocycles. The SMILES string of the molecule is COC1CCCC/C1=C/NC(=O)c1csc(CNC(=O)COc2ccc(OC(F)(F)F)cc2)n1. The van der Waals surface area contributed by atoms with Gasteiger partial charge in [-0.1, -0.05) is 6.42 Å². The molecule has 1 aromatic heterocycles. The number of nitrogens with zero attached hydrogens (tertiary/aromatic N) is 1. The van der Waals surface area contributed by atoms with E-state index in [1.165, 1.54) is 23.5 Å². The molecule has 1 heterocycles. The zero-order chi connectivity index (χ0) is 24.6. The van der Waals surface area contributed by atoms with Gasteiger partial charge in [0.05, 0.1) is 12.6 Å². The second kappa shape index (κ2) is 11.8. The maximum atomic E-state index is 12.4. The molecule has 1 saturated carbocycles. The van der Waals surface area contributed by atoms with Crippen LogP contribution in [0.25, 0.3) is 0 Å². The summed E-state index contributed by atoms with van der Waals surface area (Å²) in [5, 5.41) is 7.50. The second-order valence-corrected chi connectivity index (χ2v) is 8.32. The number of aromatic nitrogens is 1. The predicted octanol–water partition coefficient (Wildman–Crippen LogP) is 3.94. The molecule has 0 bridgehead atoms. The summed E-state index contributed by atoms with van der Waals surface area (Å²) >= 11 is 1.23. The molecule has 1 aliphatic carbocycles. The Kier molecular flexibility index (Phi) is 8.88. The van der Waals surface area contributed by atoms with Gasteiger partial charge in [-0.3, -0.25) is 9.59 Å². The minimum absolute atomic E-state index is 0.0173. The summed E-state index contributed by atoms with van der Waals surface area (Å²) in [5.74, 6) is -0.977. The second-order valence-electron chi connectivity index (χ2n) is 7.37. The molecule has 1 atom stereocenters. The lowest BCUT2D eigenvalue weighted by Crippen LogP contribution is -2.28. The van der Waals surface area contributed by atoms with E-state index >= 15 is 0 Å². The van der Waals surface area contributed by atoms with E-state index in [2.05, 4.69) is 20.4 Å². The Morgan fingerprint density at radius 2 is 1.94 bits per heavy atom. The molecule has 2 aromatic rings. The van der Waals surface area contributed by atoms with Crippen molar-refractivity contribution in [1.82, 2.24) is 15.6 Å². The highest BCUT2D eigenvalue weighted by Crippen LogP contribution is 2.26. The van der Waals surface area contributed by atoms with Crippen LogP contribution < -0.4 is 20.1 Å². The molecule has 8 nitrogen and oxygen atoms in total. The summed E-state index contributed by atoms with van der Waals surface area (Å²) in [4.78, 5) is 28.6. The van der Waals surface area contributed by atoms with Crippen molar-refractivity contribution >= 4 is 23.2 Å². The Balaban J connectivity index is 1.41. The Morgan fingerprint density at radius 3 is 2.65 bits per heavy atom. The topological polar surface area (TPSA) is 98.8 Å². The number of nitrogens with one attached hydrogen (secondary N) is 2. The van der Waals surface area contributed by atoms with E-state index in [1.807, 2.05) is 0 Å². The van der Waals surface area contributed by atoms with Gasteiger partial charge in [0, 0.05) is 18.7 Å². The zero-order valence-corrected chi connectivity index (χ0v) is 19.1. The highest BCUT2D eigenvalue weighted by atomic mass is 32.1. The first-order chi connectivity index (χ1) is 16.2. The molecule has 34 heavy (non-hydrogen) atoms. The first kappa shape index (κ1) is 25.5. The van der Waals surface area contributed by atoms with Crippen LogP contribution in [0, 0.1) is 0 Å². The van der Waals surface area contributed by atoms with Crippen LogP contribution in [-0.2, 0) is 16.1 Å². The van der Waals surface area contributed by atoms with Crippen molar-refractivity contribution in [3.63, 3.8) is 0 Å². The summed E-state index contributed by atoms with van der Waals surface area (Å²) < 4.78 is 51.0. The molecule has 0 radical (unpaired) electrons. The van der Waals surface area contributed by atoms with Gasteiger partial charge in [-0.05, 0) is 49.1 Å². The summed E-state index contributed by atoms with van der Waals surface area (Å²) in [6.45, 7) is -0.238. The monoisotopic (exact) mass is 499 g/mol. The molecule has 12 heteroatoms. The standard InChI is InChI=1S/C22H24F3N3O5S/c1-31-18-5-3-2-4-14(18)10-27-21(30)17-13-34-20(28-17)11-26-19(29)12-32-15-6-8-16(9-7-15)33-22(23,24)25/h6-10,13,18H,2-5,11-12H2,1H3,(H,26,29)(H,27,30)/b14-10-. The van der Waals surface area contributed by atoms with Crippen LogP contribution >= 0.6 is 11.3 Å². The third-order valence-electron chi connectivity index (χ3n) is 4.92. The smallest absolute Gasteiger partial charge is 0.484 e. The summed E-state index contributed by atoms with van der Waals surface area (Å²) in [5.41, 5.74) is 1.29. The molecule has 1 aromatic carbocycles. The number of carbonyl (C=O) groups is 2. The van der Waals surface area contributed by atoms with E-state index in [9.17, 15) is 22.8 Å². The fourth-order valence-electron chi connectivity index (χ4n) is 3.28. The van der Waals surface area contributed by atoms with Gasteiger partial charge in [0.15, 0.2) is 6.61 Å². The van der Waals surface area contributed by atoms with Gasteiger partial charge < -0.3 is 24.8 Å². The Morgan fingerprint density at radius 1 is 1.21 bits per heavy atom. The van der Waals surface area contributed by atoms with Gasteiger partial charge in [0.25, 0.3) is 11.8 Å². The third kappa shape index (κ3) is 8.03. The first-order valence-electron chi connectivity index (χ1n) is 10.5. The van der Waals surface area contributed by atoms with E-state index < -0.39 is 12.3 Å². The maximum Gasteiger partial charge on any atom is 0.573 e. The average Bonchev–Trinajstić information content (AvgIpc) is 3.29. The first-order valence-corrected chi connectivity index (χ1v) is 11.3. The van der Waals surface area contributed by atoms with Crippen LogP contribution in [0.2, 0.25) is 0 Å². The molecule has 2 N–H and O–H groups in total. The highest BCUT2D eigenvalue weighted by Gasteiger charge is 2.31. The molecular weight excluding hydrogens is 475 g/mol. The van der Waals surface area contributed by atoms with E-state index in [-0.39, 0.29) is 42.4 Å². The minimum atomic E-state index is -4.78. The number of halogens is 3. The Labute approximate surface area is 198 Å². The van der Waals surface area contributed by atoms with Crippen LogP contribution in [0.3, 0.4) is 0 Å². The number of rotatable bonds is 9. The number of benzene rings is 1. The fourth-order valence-corrected chi connectivity index (χ4v) is 3.99. The van der Waals surface area contributed by atoms with E-state index in [0.717, 1.165) is 43.4 Å². The number of carbonyl (C=O) groups excluding carboxylic acids is 2. The largest absolute Gasteiger partial charge is 0.573 e. The number of hydrogen-bond donors (Lipinski definition) is 2. The Hall–Kier alpha value is -3.12. The lowest BCUT2D eigenvalue weighted by Gasteiger charge is -2.23. The van der Waals surface area contributed by atoms with Gasteiger partial charge in [-0.15, -0.1) is 24.5 Å². The number of ether oxygens (including phenoxy) is 3. The number of thiazole rings is 1. The number of methoxy groups -OCH3 is 1. The van der Waals surface area contributed by atoms with Gasteiger partial charge in [0.1, 0.15) is 22.2 Å². The molecule has 0 spiro atoms. The molecule has 184 valence electrons. The summed E-state index contributed by atoms with van der Waals surface area (Å²) in [7, 11) is 1.65. The van der Waals surface area contributed by atoms with Gasteiger partial charge in [0.2, 0.25) is 0 Å². The normalized spacial score (nSPS) is 17.3. The van der Waals surface area contributed by atoms with Crippen LogP contribution in [0.15, 0.2) is 41.4 Å². The molecule has 2 amide bonds. The summed E-state index contributed by atoms with van der Waals surface area (Å²) in [6, 6.07) is 4.69. The number of amides is 2. The van der Waals surface area contributed by atoms with Crippen molar-refractivity contribution in [2.24, 2.45) is 0 Å². The van der Waals surface area contributed by atoms with E-state index in [1.54, 1.807) is 18.7 Å². The number of alkyl halides is 3. The summed E-state index contributed by atoms with van der Waals surface area (Å²) in [6.07, 6.45) is 0.890. The van der Waals surface area contributed by atoms with Gasteiger partial charge in [-0.25, -0.2) is 4.98 Å². The van der Waals surface area contributed by atoms with Crippen molar-refractivity contribution in [3.8, 4) is 11.5 Å². The van der Waals surface area contributed by atoms with Gasteiger partial charge in [-0.2, -0.15) is 0 Å². The van der Waals surface area contributed by atoms with Crippen molar-refractivity contribution in [2.45, 2.75) is 44.7 Å². The van der Waals surface area contributed by atoms with Crippen molar-refractivity contribution < 1.29 is 37.0 Å². The van der Waals surface area contributed by atoms with Crippen molar-refractivity contribution in [3.05, 3.63) is 52.1 Å². The van der Waals surface area contributed by atoms with Crippen molar-refractivity contribution in [1.29, 1.82) is 0 Å². The quantitative estimate of drug-likeness (QED) is 0.542. The predicted molar refractivity (Wildman–Crippen MR) is 117 cm³/mol. The lowest BCUT2D eigenvalue weighted by atomic mass is 9.93. The van der Waals surface area contributed by atoms with E-state index in [4.69, 9.17) is 9.47 Å². The number of hydrogen-bond acceptors (Lipinski definition) is 7. The highest BCUT2D eigenvalue weighted by molar-refractivity contribution is 7.09. The maximum absolute atomic E-state index is 12.4. The van der Waals surface area contributed by atoms with Crippen LogP contribution in [0.5, 0.6) is 11.5 Å². The third-order valence-corrected chi connectivity index (χ3v) is 5.77. The van der Waals surface area contributed by atoms with Gasteiger partial charge >= 0.3 is 6.36 Å². The molecule has 1 unspecified atom stereocenters. The zero-order valence-electron chi connectivity index (χ0n) is 18.3. The lowest BCUT2D eigenvalue weighted by molar-refractivity contribution is -0.274. The van der Waals surface area contributed by atoms with Crippen LogP contribution in [0.4, 0.5) is 13.2 Å². The fraction of sp³-hybridized carbons (Fsp3) is 0.409. The molecule has 3 rings (SSSR count). The molecule has 1 aliphatic rings. The average molecular weight is 500 g/mol. The van der Waals surface area contributed by atoms with Crippen LogP contribution in [-0.4, -0.2) is 43.0 Å². The minimum Gasteiger partial charge on any atom is -0.484 e. The molecule has 0 saturated heterocycles. The van der Waals surface area contributed by atoms with E-state index in [0.29, 0.717) is 5.01 Å². The van der Waals surface area contributed by atoms with Crippen LogP contribution in [0.1, 0.15) is 41.2 Å².